The third-order valence-electron chi connectivity index (χ3n) is 4.91. The number of aromatic nitrogens is 2. The number of nitrogens with one attached hydrogen (secondary N) is 1. The predicted molar refractivity (Wildman–Crippen MR) is 105 cm³/mol. The number of benzene rings is 1. The Morgan fingerprint density at radius 2 is 1.83 bits per heavy atom. The average Bonchev–Trinajstić information content (AvgIpc) is 2.72. The van der Waals surface area contributed by atoms with Gasteiger partial charge in [-0.05, 0) is 18.4 Å². The van der Waals surface area contributed by atoms with Crippen molar-refractivity contribution in [1.82, 2.24) is 15.3 Å². The minimum Gasteiger partial charge on any atom is -0.363 e. The zero-order valence-electron chi connectivity index (χ0n) is 16.4. The van der Waals surface area contributed by atoms with Crippen LogP contribution in [0.15, 0.2) is 36.4 Å². The Kier molecular flexibility index (Phi) is 6.24. The quantitative estimate of drug-likeness (QED) is 0.825. The molecule has 2 aromatic rings. The molecule has 1 amide bonds. The van der Waals surface area contributed by atoms with Crippen molar-refractivity contribution >= 4 is 17.7 Å². The third kappa shape index (κ3) is 5.36. The molecule has 2 heterocycles. The first-order valence-corrected chi connectivity index (χ1v) is 9.44. The second-order valence-electron chi connectivity index (χ2n) is 7.27. The van der Waals surface area contributed by atoms with Gasteiger partial charge in [0.2, 0.25) is 11.9 Å². The minimum absolute atomic E-state index is 0.0348. The molecule has 156 valence electrons. The summed E-state index contributed by atoms with van der Waals surface area (Å²) in [5.74, 6) is 0.0400. The van der Waals surface area contributed by atoms with Gasteiger partial charge in [0.1, 0.15) is 5.82 Å². The fourth-order valence-corrected chi connectivity index (χ4v) is 3.21. The largest absolute Gasteiger partial charge is 0.433 e. The highest BCUT2D eigenvalue weighted by molar-refractivity contribution is 5.78. The number of alkyl halides is 3. The van der Waals surface area contributed by atoms with Gasteiger partial charge in [0, 0.05) is 45.7 Å². The molecular weight excluding hydrogens is 383 g/mol. The Bertz CT molecular complexity index is 834. The lowest BCUT2D eigenvalue weighted by molar-refractivity contribution is -0.141. The van der Waals surface area contributed by atoms with Crippen molar-refractivity contribution in [3.63, 3.8) is 0 Å². The maximum atomic E-state index is 13.2. The van der Waals surface area contributed by atoms with E-state index in [0.717, 1.165) is 11.6 Å². The summed E-state index contributed by atoms with van der Waals surface area (Å²) in [6.07, 6.45) is -3.47. The fraction of sp³-hybridized carbons (Fsp3) is 0.450. The smallest absolute Gasteiger partial charge is 0.363 e. The van der Waals surface area contributed by atoms with Gasteiger partial charge in [-0.3, -0.25) is 4.79 Å². The Balaban J connectivity index is 1.62. The van der Waals surface area contributed by atoms with E-state index < -0.39 is 11.9 Å². The summed E-state index contributed by atoms with van der Waals surface area (Å²) in [7, 11) is 3.27. The molecule has 6 nitrogen and oxygen atoms in total. The lowest BCUT2D eigenvalue weighted by Crippen LogP contribution is -2.41. The van der Waals surface area contributed by atoms with E-state index >= 15 is 0 Å². The molecule has 3 rings (SSSR count). The molecule has 1 aromatic heterocycles. The SMILES string of the molecule is CN(C)c1cc(C(F)(F)F)nc(N2CCC(C(=O)NCc3ccccc3)CC2)n1. The molecule has 0 radical (unpaired) electrons. The van der Waals surface area contributed by atoms with Crippen LogP contribution in [-0.2, 0) is 17.5 Å². The third-order valence-corrected chi connectivity index (χ3v) is 4.91. The van der Waals surface area contributed by atoms with Crippen LogP contribution in [-0.4, -0.2) is 43.1 Å². The van der Waals surface area contributed by atoms with Crippen molar-refractivity contribution in [3.05, 3.63) is 47.7 Å². The summed E-state index contributed by atoms with van der Waals surface area (Å²) in [6, 6.07) is 10.6. The van der Waals surface area contributed by atoms with Crippen LogP contribution in [0, 0.1) is 5.92 Å². The number of anilines is 2. The molecule has 0 bridgehead atoms. The monoisotopic (exact) mass is 407 g/mol. The topological polar surface area (TPSA) is 61.4 Å². The molecule has 1 aromatic carbocycles. The van der Waals surface area contributed by atoms with Crippen LogP contribution >= 0.6 is 0 Å². The maximum absolute atomic E-state index is 13.2. The van der Waals surface area contributed by atoms with Crippen molar-refractivity contribution in [2.24, 2.45) is 5.92 Å². The Morgan fingerprint density at radius 1 is 1.17 bits per heavy atom. The Hall–Kier alpha value is -2.84. The first kappa shape index (κ1) is 20.9. The summed E-state index contributed by atoms with van der Waals surface area (Å²) < 4.78 is 39.6. The van der Waals surface area contributed by atoms with E-state index in [1.807, 2.05) is 30.3 Å². The number of rotatable bonds is 5. The zero-order valence-corrected chi connectivity index (χ0v) is 16.4. The Morgan fingerprint density at radius 3 is 2.41 bits per heavy atom. The molecule has 1 N–H and O–H groups in total. The number of amides is 1. The minimum atomic E-state index is -4.54. The average molecular weight is 407 g/mol. The number of nitrogens with zero attached hydrogens (tertiary/aromatic N) is 4. The zero-order chi connectivity index (χ0) is 21.0. The van der Waals surface area contributed by atoms with Crippen LogP contribution in [0.5, 0.6) is 0 Å². The van der Waals surface area contributed by atoms with Crippen LogP contribution < -0.4 is 15.1 Å². The molecule has 0 atom stereocenters. The number of halogens is 3. The number of carbonyl (C=O) groups excluding carboxylic acids is 1. The first-order chi connectivity index (χ1) is 13.7. The van der Waals surface area contributed by atoms with Gasteiger partial charge in [0.05, 0.1) is 0 Å². The highest BCUT2D eigenvalue weighted by Crippen LogP contribution is 2.31. The van der Waals surface area contributed by atoms with Gasteiger partial charge in [0.15, 0.2) is 5.69 Å². The van der Waals surface area contributed by atoms with Crippen LogP contribution in [0.25, 0.3) is 0 Å². The Labute approximate surface area is 167 Å². The van der Waals surface area contributed by atoms with Crippen LogP contribution in [0.4, 0.5) is 24.9 Å². The van der Waals surface area contributed by atoms with E-state index in [0.29, 0.717) is 32.5 Å². The standard InChI is InChI=1S/C20H24F3N5O/c1-27(2)17-12-16(20(21,22)23)25-19(26-17)28-10-8-15(9-11-28)18(29)24-13-14-6-4-3-5-7-14/h3-7,12,15H,8-11,13H2,1-2H3,(H,24,29). The normalized spacial score (nSPS) is 15.3. The molecule has 0 aliphatic carbocycles. The van der Waals surface area contributed by atoms with Gasteiger partial charge in [-0.25, -0.2) is 4.98 Å². The second-order valence-corrected chi connectivity index (χ2v) is 7.27. The first-order valence-electron chi connectivity index (χ1n) is 9.44. The number of piperidine rings is 1. The molecule has 1 fully saturated rings. The number of hydrogen-bond acceptors (Lipinski definition) is 5. The summed E-state index contributed by atoms with van der Waals surface area (Å²) in [5.41, 5.74) is 0.0563. The molecule has 29 heavy (non-hydrogen) atoms. The highest BCUT2D eigenvalue weighted by atomic mass is 19.4. The summed E-state index contributed by atoms with van der Waals surface area (Å²) >= 11 is 0. The predicted octanol–water partition coefficient (Wildman–Crippen LogP) is 3.09. The molecule has 1 aliphatic rings. The van der Waals surface area contributed by atoms with Crippen LogP contribution in [0.1, 0.15) is 24.1 Å². The van der Waals surface area contributed by atoms with Crippen molar-refractivity contribution in [1.29, 1.82) is 0 Å². The maximum Gasteiger partial charge on any atom is 0.433 e. The number of hydrogen-bond donors (Lipinski definition) is 1. The van der Waals surface area contributed by atoms with Gasteiger partial charge in [-0.1, -0.05) is 30.3 Å². The summed E-state index contributed by atoms with van der Waals surface area (Å²) in [6.45, 7) is 1.32. The lowest BCUT2D eigenvalue weighted by atomic mass is 9.96. The molecule has 0 spiro atoms. The number of carbonyl (C=O) groups is 1. The van der Waals surface area contributed by atoms with Crippen LogP contribution in [0.2, 0.25) is 0 Å². The molecular formula is C20H24F3N5O. The highest BCUT2D eigenvalue weighted by Gasteiger charge is 2.35. The molecule has 0 unspecified atom stereocenters. The van der Waals surface area contributed by atoms with Gasteiger partial charge in [0.25, 0.3) is 0 Å². The van der Waals surface area contributed by atoms with Crippen molar-refractivity contribution < 1.29 is 18.0 Å². The van der Waals surface area contributed by atoms with Crippen molar-refractivity contribution in [2.45, 2.75) is 25.6 Å². The van der Waals surface area contributed by atoms with E-state index in [9.17, 15) is 18.0 Å². The molecule has 1 aliphatic heterocycles. The van der Waals surface area contributed by atoms with Gasteiger partial charge < -0.3 is 15.1 Å². The van der Waals surface area contributed by atoms with Gasteiger partial charge in [-0.15, -0.1) is 0 Å². The fourth-order valence-electron chi connectivity index (χ4n) is 3.21. The van der Waals surface area contributed by atoms with E-state index in [1.54, 1.807) is 19.0 Å². The lowest BCUT2D eigenvalue weighted by Gasteiger charge is -2.32. The van der Waals surface area contributed by atoms with E-state index in [4.69, 9.17) is 0 Å². The van der Waals surface area contributed by atoms with Gasteiger partial charge >= 0.3 is 6.18 Å². The second kappa shape index (κ2) is 8.67. The summed E-state index contributed by atoms with van der Waals surface area (Å²) in [4.78, 5) is 23.6. The van der Waals surface area contributed by atoms with Gasteiger partial charge in [-0.2, -0.15) is 18.2 Å². The summed E-state index contributed by atoms with van der Waals surface area (Å²) in [5, 5.41) is 2.93. The van der Waals surface area contributed by atoms with E-state index in [-0.39, 0.29) is 23.6 Å². The van der Waals surface area contributed by atoms with E-state index in [1.165, 1.54) is 4.90 Å². The van der Waals surface area contributed by atoms with Crippen molar-refractivity contribution in [3.8, 4) is 0 Å². The van der Waals surface area contributed by atoms with E-state index in [2.05, 4.69) is 15.3 Å². The van der Waals surface area contributed by atoms with Crippen molar-refractivity contribution in [2.75, 3.05) is 37.0 Å². The molecule has 1 saturated heterocycles. The molecule has 0 saturated carbocycles. The molecule has 9 heteroatoms. The van der Waals surface area contributed by atoms with Crippen LogP contribution in [0.3, 0.4) is 0 Å².